The van der Waals surface area contributed by atoms with Crippen molar-refractivity contribution in [2.75, 3.05) is 5.32 Å². The lowest BCUT2D eigenvalue weighted by Crippen LogP contribution is -2.12. The fourth-order valence-electron chi connectivity index (χ4n) is 2.69. The summed E-state index contributed by atoms with van der Waals surface area (Å²) in [5, 5.41) is 8.94. The molecule has 0 aliphatic rings. The van der Waals surface area contributed by atoms with Crippen LogP contribution in [-0.4, -0.2) is 16.0 Å². The number of H-pyrrole nitrogens is 1. The number of hydrogen-bond donors (Lipinski definition) is 2. The van der Waals surface area contributed by atoms with Crippen molar-refractivity contribution in [1.29, 1.82) is 0 Å². The van der Waals surface area contributed by atoms with Crippen LogP contribution < -0.4 is 11.1 Å². The van der Waals surface area contributed by atoms with Gasteiger partial charge in [0.05, 0.1) is 5.69 Å². The molecule has 0 bridgehead atoms. The summed E-state index contributed by atoms with van der Waals surface area (Å²) in [5.41, 5.74) is 1.42. The monoisotopic (exact) mass is 365 g/mol. The zero-order valence-corrected chi connectivity index (χ0v) is 14.1. The number of aromatic nitrogens is 2. The Bertz CT molecular complexity index is 1180. The van der Waals surface area contributed by atoms with Crippen LogP contribution in [0.15, 0.2) is 70.0 Å². The standard InChI is InChI=1S/C19H12ClN3O3/c20-14-7-8-16(15(10-14)17-22-19(25)26-23-17)21-18(24)13-6-5-11-3-1-2-4-12(11)9-13/h1-10H,(H,21,24)(H,22,23,25). The maximum atomic E-state index is 12.7. The van der Waals surface area contributed by atoms with E-state index in [4.69, 9.17) is 11.6 Å². The van der Waals surface area contributed by atoms with Gasteiger partial charge in [0, 0.05) is 16.1 Å². The summed E-state index contributed by atoms with van der Waals surface area (Å²) in [6, 6.07) is 18.1. The number of carbonyl (C=O) groups is 1. The second-order valence-corrected chi connectivity index (χ2v) is 6.09. The number of benzene rings is 3. The SMILES string of the molecule is O=C(Nc1ccc(Cl)cc1-c1noc(=O)[nH]1)c1ccc2ccccc2c1. The van der Waals surface area contributed by atoms with Crippen molar-refractivity contribution in [3.63, 3.8) is 0 Å². The number of fused-ring (bicyclic) bond motifs is 1. The molecule has 3 aromatic carbocycles. The Morgan fingerprint density at radius 1 is 1.04 bits per heavy atom. The highest BCUT2D eigenvalue weighted by Crippen LogP contribution is 2.28. The van der Waals surface area contributed by atoms with Gasteiger partial charge in [-0.25, -0.2) is 4.79 Å². The lowest BCUT2D eigenvalue weighted by atomic mass is 10.1. The van der Waals surface area contributed by atoms with Crippen molar-refractivity contribution >= 4 is 34.0 Å². The summed E-state index contributed by atoms with van der Waals surface area (Å²) in [4.78, 5) is 26.3. The molecule has 0 saturated heterocycles. The molecule has 0 spiro atoms. The number of amides is 1. The van der Waals surface area contributed by atoms with E-state index >= 15 is 0 Å². The molecule has 1 amide bonds. The average molecular weight is 366 g/mol. The third kappa shape index (κ3) is 3.10. The molecule has 4 rings (SSSR count). The van der Waals surface area contributed by atoms with Crippen LogP contribution in [0.5, 0.6) is 0 Å². The number of carbonyl (C=O) groups excluding carboxylic acids is 1. The summed E-state index contributed by atoms with van der Waals surface area (Å²) < 4.78 is 4.53. The van der Waals surface area contributed by atoms with E-state index in [0.717, 1.165) is 10.8 Å². The molecule has 2 N–H and O–H groups in total. The maximum Gasteiger partial charge on any atom is 0.439 e. The number of hydrogen-bond acceptors (Lipinski definition) is 4. The predicted octanol–water partition coefficient (Wildman–Crippen LogP) is 4.09. The third-order valence-electron chi connectivity index (χ3n) is 3.94. The van der Waals surface area contributed by atoms with Gasteiger partial charge in [0.15, 0.2) is 5.82 Å². The van der Waals surface area contributed by atoms with Gasteiger partial charge in [-0.05, 0) is 41.1 Å². The zero-order valence-electron chi connectivity index (χ0n) is 13.3. The van der Waals surface area contributed by atoms with Gasteiger partial charge in [0.1, 0.15) is 0 Å². The normalized spacial score (nSPS) is 10.8. The minimum atomic E-state index is -0.688. The highest BCUT2D eigenvalue weighted by Gasteiger charge is 2.14. The lowest BCUT2D eigenvalue weighted by molar-refractivity contribution is 0.102. The number of nitrogens with zero attached hydrogens (tertiary/aromatic N) is 1. The topological polar surface area (TPSA) is 88.0 Å². The minimum absolute atomic E-state index is 0.186. The fraction of sp³-hybridized carbons (Fsp3) is 0. The van der Waals surface area contributed by atoms with Crippen LogP contribution in [-0.2, 0) is 0 Å². The van der Waals surface area contributed by atoms with Crippen molar-refractivity contribution in [2.45, 2.75) is 0 Å². The minimum Gasteiger partial charge on any atom is -0.321 e. The Kier molecular flexibility index (Phi) is 4.02. The quantitative estimate of drug-likeness (QED) is 0.572. The molecule has 0 atom stereocenters. The summed E-state index contributed by atoms with van der Waals surface area (Å²) >= 11 is 6.03. The molecule has 26 heavy (non-hydrogen) atoms. The number of nitrogens with one attached hydrogen (secondary N) is 2. The predicted molar refractivity (Wildman–Crippen MR) is 99.5 cm³/mol. The second kappa shape index (κ2) is 6.50. The summed E-state index contributed by atoms with van der Waals surface area (Å²) in [6.07, 6.45) is 0. The highest BCUT2D eigenvalue weighted by molar-refractivity contribution is 6.31. The van der Waals surface area contributed by atoms with E-state index in [1.54, 1.807) is 24.3 Å². The third-order valence-corrected chi connectivity index (χ3v) is 4.17. The van der Waals surface area contributed by atoms with Crippen LogP contribution in [0.1, 0.15) is 10.4 Å². The van der Waals surface area contributed by atoms with Gasteiger partial charge < -0.3 is 5.32 Å². The lowest BCUT2D eigenvalue weighted by Gasteiger charge is -2.10. The first kappa shape index (κ1) is 16.1. The van der Waals surface area contributed by atoms with E-state index in [1.807, 2.05) is 36.4 Å². The summed E-state index contributed by atoms with van der Waals surface area (Å²) in [7, 11) is 0. The maximum absolute atomic E-state index is 12.7. The molecule has 128 valence electrons. The molecule has 0 aliphatic carbocycles. The van der Waals surface area contributed by atoms with Crippen molar-refractivity contribution in [2.24, 2.45) is 0 Å². The average Bonchev–Trinajstić information content (AvgIpc) is 3.09. The number of rotatable bonds is 3. The molecule has 1 aromatic heterocycles. The molecule has 0 radical (unpaired) electrons. The molecular formula is C19H12ClN3O3. The molecule has 7 heteroatoms. The first-order chi connectivity index (χ1) is 12.6. The van der Waals surface area contributed by atoms with Gasteiger partial charge in [-0.3, -0.25) is 14.3 Å². The Balaban J connectivity index is 1.70. The first-order valence-corrected chi connectivity index (χ1v) is 8.14. The molecule has 4 aromatic rings. The van der Waals surface area contributed by atoms with Gasteiger partial charge in [-0.15, -0.1) is 0 Å². The van der Waals surface area contributed by atoms with E-state index in [1.165, 1.54) is 0 Å². The number of halogens is 1. The van der Waals surface area contributed by atoms with E-state index < -0.39 is 5.76 Å². The van der Waals surface area contributed by atoms with Crippen molar-refractivity contribution in [3.8, 4) is 11.4 Å². The fourth-order valence-corrected chi connectivity index (χ4v) is 2.86. The van der Waals surface area contributed by atoms with Crippen LogP contribution in [0.25, 0.3) is 22.2 Å². The van der Waals surface area contributed by atoms with Crippen LogP contribution >= 0.6 is 11.6 Å². The Morgan fingerprint density at radius 3 is 2.62 bits per heavy atom. The molecule has 0 aliphatic heterocycles. The van der Waals surface area contributed by atoms with Crippen LogP contribution in [0.2, 0.25) is 5.02 Å². The van der Waals surface area contributed by atoms with Gasteiger partial charge >= 0.3 is 5.76 Å². The summed E-state index contributed by atoms with van der Waals surface area (Å²) in [5.74, 6) is -0.789. The van der Waals surface area contributed by atoms with Gasteiger partial charge in [0.25, 0.3) is 5.91 Å². The molecule has 0 unspecified atom stereocenters. The van der Waals surface area contributed by atoms with Crippen LogP contribution in [0, 0.1) is 0 Å². The Hall–Kier alpha value is -3.38. The Labute approximate surface area is 152 Å². The molecule has 6 nitrogen and oxygen atoms in total. The smallest absolute Gasteiger partial charge is 0.321 e. The molecule has 1 heterocycles. The second-order valence-electron chi connectivity index (χ2n) is 5.65. The number of anilines is 1. The van der Waals surface area contributed by atoms with Crippen LogP contribution in [0.4, 0.5) is 5.69 Å². The van der Waals surface area contributed by atoms with Gasteiger partial charge in [0.2, 0.25) is 0 Å². The van der Waals surface area contributed by atoms with E-state index in [9.17, 15) is 9.59 Å². The van der Waals surface area contributed by atoms with Crippen LogP contribution in [0.3, 0.4) is 0 Å². The largest absolute Gasteiger partial charge is 0.439 e. The van der Waals surface area contributed by atoms with E-state index in [2.05, 4.69) is 20.0 Å². The van der Waals surface area contributed by atoms with E-state index in [0.29, 0.717) is 21.8 Å². The molecule has 0 saturated carbocycles. The van der Waals surface area contributed by atoms with Gasteiger partial charge in [-0.1, -0.05) is 47.1 Å². The van der Waals surface area contributed by atoms with E-state index in [-0.39, 0.29) is 11.7 Å². The number of aromatic amines is 1. The van der Waals surface area contributed by atoms with Gasteiger partial charge in [-0.2, -0.15) is 0 Å². The van der Waals surface area contributed by atoms with Crippen molar-refractivity contribution < 1.29 is 9.32 Å². The van der Waals surface area contributed by atoms with Crippen molar-refractivity contribution in [3.05, 3.63) is 81.8 Å². The Morgan fingerprint density at radius 2 is 1.85 bits per heavy atom. The molecular weight excluding hydrogens is 354 g/mol. The zero-order chi connectivity index (χ0) is 18.1. The summed E-state index contributed by atoms with van der Waals surface area (Å²) in [6.45, 7) is 0. The molecule has 0 fully saturated rings. The van der Waals surface area contributed by atoms with Crippen molar-refractivity contribution in [1.82, 2.24) is 10.1 Å². The highest BCUT2D eigenvalue weighted by atomic mass is 35.5. The first-order valence-electron chi connectivity index (χ1n) is 7.76.